The summed E-state index contributed by atoms with van der Waals surface area (Å²) in [5.41, 5.74) is 1.30. The summed E-state index contributed by atoms with van der Waals surface area (Å²) < 4.78 is 5.52. The summed E-state index contributed by atoms with van der Waals surface area (Å²) in [4.78, 5) is 23.1. The van der Waals surface area contributed by atoms with Crippen molar-refractivity contribution in [2.75, 3.05) is 6.61 Å². The standard InChI is InChI=1S/C17H16O3/c1-13(18)15-8-5-9-16(12-15)20-11-10-17(19)14-6-3-2-4-7-14/h2-9,12H,10-11H2,1H3. The first-order valence-electron chi connectivity index (χ1n) is 6.49. The van der Waals surface area contributed by atoms with E-state index in [2.05, 4.69) is 0 Å². The molecular formula is C17H16O3. The number of Topliss-reactive ketones (excluding diaryl/α,β-unsaturated/α-hetero) is 2. The van der Waals surface area contributed by atoms with Crippen LogP contribution in [0.15, 0.2) is 54.6 Å². The second kappa shape index (κ2) is 6.66. The van der Waals surface area contributed by atoms with Crippen LogP contribution in [0, 0.1) is 0 Å². The Kier molecular flexibility index (Phi) is 4.66. The highest BCUT2D eigenvalue weighted by atomic mass is 16.5. The topological polar surface area (TPSA) is 43.4 Å². The molecule has 0 heterocycles. The van der Waals surface area contributed by atoms with E-state index < -0.39 is 0 Å². The Balaban J connectivity index is 1.89. The van der Waals surface area contributed by atoms with Crippen molar-refractivity contribution < 1.29 is 14.3 Å². The van der Waals surface area contributed by atoms with Gasteiger partial charge < -0.3 is 4.74 Å². The van der Waals surface area contributed by atoms with Crippen molar-refractivity contribution >= 4 is 11.6 Å². The molecule has 0 bridgehead atoms. The Labute approximate surface area is 118 Å². The molecule has 0 radical (unpaired) electrons. The zero-order chi connectivity index (χ0) is 14.4. The van der Waals surface area contributed by atoms with Gasteiger partial charge in [-0.3, -0.25) is 9.59 Å². The summed E-state index contributed by atoms with van der Waals surface area (Å²) >= 11 is 0. The lowest BCUT2D eigenvalue weighted by molar-refractivity contribution is 0.0959. The molecular weight excluding hydrogens is 252 g/mol. The summed E-state index contributed by atoms with van der Waals surface area (Å²) in [7, 11) is 0. The SMILES string of the molecule is CC(=O)c1cccc(OCCC(=O)c2ccccc2)c1. The van der Waals surface area contributed by atoms with Crippen LogP contribution < -0.4 is 4.74 Å². The number of rotatable bonds is 6. The lowest BCUT2D eigenvalue weighted by Gasteiger charge is -2.06. The molecule has 0 aliphatic carbocycles. The molecule has 0 unspecified atom stereocenters. The maximum Gasteiger partial charge on any atom is 0.166 e. The van der Waals surface area contributed by atoms with Crippen molar-refractivity contribution in [1.29, 1.82) is 0 Å². The quantitative estimate of drug-likeness (QED) is 0.753. The van der Waals surface area contributed by atoms with Crippen LogP contribution in [0.4, 0.5) is 0 Å². The second-order valence-corrected chi connectivity index (χ2v) is 4.47. The molecule has 0 aliphatic heterocycles. The third-order valence-corrected chi connectivity index (χ3v) is 2.93. The van der Waals surface area contributed by atoms with Crippen molar-refractivity contribution in [3.63, 3.8) is 0 Å². The van der Waals surface area contributed by atoms with Crippen molar-refractivity contribution in [2.24, 2.45) is 0 Å². The molecule has 3 nitrogen and oxygen atoms in total. The van der Waals surface area contributed by atoms with Gasteiger partial charge in [0.25, 0.3) is 0 Å². The smallest absolute Gasteiger partial charge is 0.166 e. The van der Waals surface area contributed by atoms with Crippen molar-refractivity contribution in [3.8, 4) is 5.75 Å². The fraction of sp³-hybridized carbons (Fsp3) is 0.176. The Morgan fingerprint density at radius 1 is 0.950 bits per heavy atom. The number of carbonyl (C=O) groups excluding carboxylic acids is 2. The average molecular weight is 268 g/mol. The highest BCUT2D eigenvalue weighted by Gasteiger charge is 2.06. The van der Waals surface area contributed by atoms with Gasteiger partial charge in [0.05, 0.1) is 6.61 Å². The molecule has 3 heteroatoms. The van der Waals surface area contributed by atoms with Crippen LogP contribution in [0.1, 0.15) is 34.1 Å². The summed E-state index contributed by atoms with van der Waals surface area (Å²) in [6.07, 6.45) is 0.314. The van der Waals surface area contributed by atoms with Crippen LogP contribution in [0.3, 0.4) is 0 Å². The van der Waals surface area contributed by atoms with E-state index in [0.717, 1.165) is 0 Å². The maximum atomic E-state index is 11.9. The lowest BCUT2D eigenvalue weighted by Crippen LogP contribution is -2.06. The molecule has 20 heavy (non-hydrogen) atoms. The van der Waals surface area contributed by atoms with Crippen molar-refractivity contribution in [2.45, 2.75) is 13.3 Å². The monoisotopic (exact) mass is 268 g/mol. The molecule has 0 aromatic heterocycles. The van der Waals surface area contributed by atoms with Gasteiger partial charge in [0, 0.05) is 17.5 Å². The summed E-state index contributed by atoms with van der Waals surface area (Å²) in [6, 6.07) is 16.1. The number of benzene rings is 2. The molecule has 2 aromatic carbocycles. The van der Waals surface area contributed by atoms with E-state index in [4.69, 9.17) is 4.74 Å². The zero-order valence-electron chi connectivity index (χ0n) is 11.3. The molecule has 0 amide bonds. The minimum absolute atomic E-state index is 0.00388. The first kappa shape index (κ1) is 14.0. The number of hydrogen-bond acceptors (Lipinski definition) is 3. The largest absolute Gasteiger partial charge is 0.493 e. The van der Waals surface area contributed by atoms with Gasteiger partial charge in [-0.2, -0.15) is 0 Å². The molecule has 0 saturated heterocycles. The van der Waals surface area contributed by atoms with E-state index in [-0.39, 0.29) is 11.6 Å². The van der Waals surface area contributed by atoms with Crippen LogP contribution in [-0.4, -0.2) is 18.2 Å². The Morgan fingerprint density at radius 3 is 2.35 bits per heavy atom. The second-order valence-electron chi connectivity index (χ2n) is 4.47. The van der Waals surface area contributed by atoms with Gasteiger partial charge in [-0.15, -0.1) is 0 Å². The van der Waals surface area contributed by atoms with Gasteiger partial charge in [0.2, 0.25) is 0 Å². The molecule has 102 valence electrons. The van der Waals surface area contributed by atoms with Crippen LogP contribution in [0.5, 0.6) is 5.75 Å². The molecule has 2 rings (SSSR count). The van der Waals surface area contributed by atoms with Crippen molar-refractivity contribution in [3.05, 3.63) is 65.7 Å². The fourth-order valence-electron chi connectivity index (χ4n) is 1.83. The Hall–Kier alpha value is -2.42. The zero-order valence-corrected chi connectivity index (χ0v) is 11.3. The number of carbonyl (C=O) groups is 2. The molecule has 0 N–H and O–H groups in total. The normalized spacial score (nSPS) is 10.1. The van der Waals surface area contributed by atoms with Gasteiger partial charge in [-0.05, 0) is 19.1 Å². The highest BCUT2D eigenvalue weighted by molar-refractivity contribution is 5.96. The van der Waals surface area contributed by atoms with E-state index in [0.29, 0.717) is 29.9 Å². The summed E-state index contributed by atoms with van der Waals surface area (Å²) in [5.74, 6) is 0.655. The van der Waals surface area contributed by atoms with Gasteiger partial charge in [-0.1, -0.05) is 42.5 Å². The third kappa shape index (κ3) is 3.79. The van der Waals surface area contributed by atoms with E-state index in [1.807, 2.05) is 18.2 Å². The van der Waals surface area contributed by atoms with Crippen LogP contribution in [0.2, 0.25) is 0 Å². The molecule has 0 saturated carbocycles. The number of hydrogen-bond donors (Lipinski definition) is 0. The van der Waals surface area contributed by atoms with Gasteiger partial charge in [0.15, 0.2) is 11.6 Å². The molecule has 2 aromatic rings. The van der Waals surface area contributed by atoms with E-state index in [1.54, 1.807) is 36.4 Å². The predicted molar refractivity (Wildman–Crippen MR) is 77.3 cm³/mol. The van der Waals surface area contributed by atoms with Gasteiger partial charge in [-0.25, -0.2) is 0 Å². The molecule has 0 atom stereocenters. The van der Waals surface area contributed by atoms with Crippen LogP contribution >= 0.6 is 0 Å². The molecule has 0 aliphatic rings. The van der Waals surface area contributed by atoms with Crippen LogP contribution in [-0.2, 0) is 0 Å². The minimum Gasteiger partial charge on any atom is -0.493 e. The van der Waals surface area contributed by atoms with E-state index >= 15 is 0 Å². The molecule has 0 fully saturated rings. The predicted octanol–water partition coefficient (Wildman–Crippen LogP) is 3.54. The number of ketones is 2. The highest BCUT2D eigenvalue weighted by Crippen LogP contribution is 2.14. The first-order valence-corrected chi connectivity index (χ1v) is 6.49. The van der Waals surface area contributed by atoms with E-state index in [9.17, 15) is 9.59 Å². The minimum atomic E-state index is -0.00388. The third-order valence-electron chi connectivity index (χ3n) is 2.93. The fourth-order valence-corrected chi connectivity index (χ4v) is 1.83. The summed E-state index contributed by atoms with van der Waals surface area (Å²) in [5, 5.41) is 0. The Morgan fingerprint density at radius 2 is 1.65 bits per heavy atom. The molecule has 0 spiro atoms. The van der Waals surface area contributed by atoms with E-state index in [1.165, 1.54) is 6.92 Å². The summed E-state index contributed by atoms with van der Waals surface area (Å²) in [6.45, 7) is 1.81. The average Bonchev–Trinajstić information content (AvgIpc) is 2.48. The van der Waals surface area contributed by atoms with Crippen molar-refractivity contribution in [1.82, 2.24) is 0 Å². The maximum absolute atomic E-state index is 11.9. The van der Waals surface area contributed by atoms with Gasteiger partial charge in [0.1, 0.15) is 5.75 Å². The number of ether oxygens (including phenoxy) is 1. The first-order chi connectivity index (χ1) is 9.66. The Bertz CT molecular complexity index is 603. The van der Waals surface area contributed by atoms with Crippen LogP contribution in [0.25, 0.3) is 0 Å². The lowest BCUT2D eigenvalue weighted by atomic mass is 10.1. The van der Waals surface area contributed by atoms with Gasteiger partial charge >= 0.3 is 0 Å².